The van der Waals surface area contributed by atoms with Crippen LogP contribution in [0.1, 0.15) is 25.0 Å². The molecule has 0 unspecified atom stereocenters. The van der Waals surface area contributed by atoms with Gasteiger partial charge in [-0.1, -0.05) is 92.7 Å². The van der Waals surface area contributed by atoms with Crippen LogP contribution in [0.5, 0.6) is 0 Å². The average molecular weight is 348 g/mol. The zero-order valence-corrected chi connectivity index (χ0v) is 15.6. The van der Waals surface area contributed by atoms with Gasteiger partial charge in [-0.15, -0.1) is 6.58 Å². The van der Waals surface area contributed by atoms with Gasteiger partial charge < -0.3 is 9.47 Å². The molecule has 1 heterocycles. The lowest BCUT2D eigenvalue weighted by molar-refractivity contribution is -0.155. The summed E-state index contributed by atoms with van der Waals surface area (Å²) in [5.74, 6) is 0.539. The minimum absolute atomic E-state index is 0.00241. The van der Waals surface area contributed by atoms with E-state index in [2.05, 4.69) is 56.8 Å². The van der Waals surface area contributed by atoms with Crippen LogP contribution in [0.4, 0.5) is 0 Å². The summed E-state index contributed by atoms with van der Waals surface area (Å²) in [6.07, 6.45) is 6.32. The molecule has 5 atom stereocenters. The molecule has 0 aromatic heterocycles. The maximum Gasteiger partial charge on any atom is 0.0817 e. The fourth-order valence-corrected chi connectivity index (χ4v) is 3.61. The van der Waals surface area contributed by atoms with Crippen LogP contribution in [0.25, 0.3) is 6.08 Å². The van der Waals surface area contributed by atoms with E-state index in [1.807, 2.05) is 42.5 Å². The molecule has 2 heteroatoms. The summed E-state index contributed by atoms with van der Waals surface area (Å²) in [5.41, 5.74) is 2.38. The Bertz CT molecular complexity index is 708. The lowest BCUT2D eigenvalue weighted by Crippen LogP contribution is -2.48. The van der Waals surface area contributed by atoms with Gasteiger partial charge in [0, 0.05) is 11.8 Å². The van der Waals surface area contributed by atoms with Gasteiger partial charge in [-0.25, -0.2) is 0 Å². The van der Waals surface area contributed by atoms with Gasteiger partial charge >= 0.3 is 0 Å². The number of hydrogen-bond donors (Lipinski definition) is 0. The third kappa shape index (κ3) is 4.51. The van der Waals surface area contributed by atoms with E-state index in [0.29, 0.717) is 6.61 Å². The fraction of sp³-hybridized carbons (Fsp3) is 0.333. The summed E-state index contributed by atoms with van der Waals surface area (Å²) in [5, 5.41) is 0. The van der Waals surface area contributed by atoms with Crippen LogP contribution in [0.3, 0.4) is 0 Å². The first-order valence-electron chi connectivity index (χ1n) is 9.36. The molecule has 0 bridgehead atoms. The second-order valence-electron chi connectivity index (χ2n) is 7.05. The molecule has 26 heavy (non-hydrogen) atoms. The molecule has 0 spiro atoms. The molecule has 0 N–H and O–H groups in total. The molecular weight excluding hydrogens is 320 g/mol. The highest BCUT2D eigenvalue weighted by Crippen LogP contribution is 2.34. The van der Waals surface area contributed by atoms with Gasteiger partial charge in [-0.05, 0) is 11.1 Å². The molecule has 2 nitrogen and oxygen atoms in total. The first-order chi connectivity index (χ1) is 12.7. The molecule has 2 aromatic rings. The molecule has 136 valence electrons. The van der Waals surface area contributed by atoms with Gasteiger partial charge in [0.15, 0.2) is 0 Å². The third-order valence-corrected chi connectivity index (χ3v) is 5.18. The van der Waals surface area contributed by atoms with Gasteiger partial charge in [-0.3, -0.25) is 0 Å². The lowest BCUT2D eigenvalue weighted by Gasteiger charge is -2.43. The normalized spacial score (nSPS) is 28.9. The van der Waals surface area contributed by atoms with E-state index in [4.69, 9.17) is 9.47 Å². The Labute approximate surface area is 157 Å². The number of ether oxygens (including phenoxy) is 2. The Morgan fingerprint density at radius 1 is 0.923 bits per heavy atom. The van der Waals surface area contributed by atoms with Crippen molar-refractivity contribution in [2.75, 3.05) is 0 Å². The van der Waals surface area contributed by atoms with E-state index in [1.54, 1.807) is 0 Å². The van der Waals surface area contributed by atoms with Crippen LogP contribution in [0.2, 0.25) is 0 Å². The highest BCUT2D eigenvalue weighted by Gasteiger charge is 2.39. The van der Waals surface area contributed by atoms with Crippen LogP contribution < -0.4 is 0 Å². The summed E-state index contributed by atoms with van der Waals surface area (Å²) in [6, 6.07) is 20.7. The minimum atomic E-state index is -0.00241. The predicted molar refractivity (Wildman–Crippen MR) is 108 cm³/mol. The first-order valence-corrected chi connectivity index (χ1v) is 9.36. The van der Waals surface area contributed by atoms with Gasteiger partial charge in [0.25, 0.3) is 0 Å². The van der Waals surface area contributed by atoms with Crippen molar-refractivity contribution in [2.45, 2.75) is 38.8 Å². The minimum Gasteiger partial charge on any atom is -0.373 e. The van der Waals surface area contributed by atoms with Crippen molar-refractivity contribution >= 4 is 6.08 Å². The molecule has 1 aliphatic heterocycles. The Morgan fingerprint density at radius 3 is 2.19 bits per heavy atom. The molecule has 2 aromatic carbocycles. The van der Waals surface area contributed by atoms with Crippen LogP contribution in [-0.4, -0.2) is 18.3 Å². The SMILES string of the molecule is C=C[C@@H]1O[C@H](/C=C/c2ccccc2)[C@H](C)[C@H](OCc2ccccc2)[C@@H]1C. The fourth-order valence-electron chi connectivity index (χ4n) is 3.61. The maximum absolute atomic E-state index is 6.35. The molecule has 0 amide bonds. The molecular formula is C24H28O2. The molecule has 0 saturated carbocycles. The maximum atomic E-state index is 6.35. The molecule has 3 rings (SSSR count). The molecule has 1 aliphatic rings. The third-order valence-electron chi connectivity index (χ3n) is 5.18. The Kier molecular flexibility index (Phi) is 6.43. The van der Waals surface area contributed by atoms with Crippen molar-refractivity contribution in [1.29, 1.82) is 0 Å². The average Bonchev–Trinajstić information content (AvgIpc) is 2.69. The van der Waals surface area contributed by atoms with E-state index in [9.17, 15) is 0 Å². The Balaban J connectivity index is 1.72. The van der Waals surface area contributed by atoms with Crippen LogP contribution in [0.15, 0.2) is 79.4 Å². The van der Waals surface area contributed by atoms with Crippen molar-refractivity contribution in [2.24, 2.45) is 11.8 Å². The molecule has 0 aliphatic carbocycles. The van der Waals surface area contributed by atoms with Crippen LogP contribution in [-0.2, 0) is 16.1 Å². The highest BCUT2D eigenvalue weighted by atomic mass is 16.5. The number of benzene rings is 2. The standard InChI is InChI=1S/C24H28O2/c1-4-22-18(2)24(25-17-21-13-9-6-10-14-21)19(3)23(26-22)16-15-20-11-7-5-8-12-20/h4-16,18-19,22-24H,1,17H2,2-3H3/b16-15+/t18-,19+,22+,23-,24-/m1/s1. The van der Waals surface area contributed by atoms with Crippen molar-refractivity contribution in [3.05, 3.63) is 90.5 Å². The summed E-state index contributed by atoms with van der Waals surface area (Å²) in [7, 11) is 0. The Morgan fingerprint density at radius 2 is 1.54 bits per heavy atom. The van der Waals surface area contributed by atoms with Crippen molar-refractivity contribution < 1.29 is 9.47 Å². The summed E-state index contributed by atoms with van der Waals surface area (Å²) in [4.78, 5) is 0. The van der Waals surface area contributed by atoms with E-state index in [-0.39, 0.29) is 30.1 Å². The van der Waals surface area contributed by atoms with Gasteiger partial charge in [0.2, 0.25) is 0 Å². The van der Waals surface area contributed by atoms with Crippen LogP contribution in [0, 0.1) is 11.8 Å². The smallest absolute Gasteiger partial charge is 0.0817 e. The lowest BCUT2D eigenvalue weighted by atomic mass is 9.82. The van der Waals surface area contributed by atoms with Crippen molar-refractivity contribution in [3.8, 4) is 0 Å². The van der Waals surface area contributed by atoms with E-state index < -0.39 is 0 Å². The quantitative estimate of drug-likeness (QED) is 0.641. The second kappa shape index (κ2) is 8.98. The first kappa shape index (κ1) is 18.6. The van der Waals surface area contributed by atoms with Gasteiger partial charge in [0.1, 0.15) is 0 Å². The molecule has 1 saturated heterocycles. The van der Waals surface area contributed by atoms with Crippen LogP contribution >= 0.6 is 0 Å². The highest BCUT2D eigenvalue weighted by molar-refractivity contribution is 5.49. The zero-order valence-electron chi connectivity index (χ0n) is 15.6. The second-order valence-corrected chi connectivity index (χ2v) is 7.05. The number of rotatable bonds is 6. The topological polar surface area (TPSA) is 18.5 Å². The van der Waals surface area contributed by atoms with Gasteiger partial charge in [0.05, 0.1) is 24.9 Å². The largest absolute Gasteiger partial charge is 0.373 e. The predicted octanol–water partition coefficient (Wildman–Crippen LogP) is 5.51. The summed E-state index contributed by atoms with van der Waals surface area (Å²) < 4.78 is 12.6. The van der Waals surface area contributed by atoms with E-state index in [1.165, 1.54) is 11.1 Å². The summed E-state index contributed by atoms with van der Waals surface area (Å²) in [6.45, 7) is 8.99. The molecule has 0 radical (unpaired) electrons. The van der Waals surface area contributed by atoms with Crippen molar-refractivity contribution in [3.63, 3.8) is 0 Å². The van der Waals surface area contributed by atoms with Gasteiger partial charge in [-0.2, -0.15) is 0 Å². The zero-order chi connectivity index (χ0) is 18.4. The monoisotopic (exact) mass is 348 g/mol. The van der Waals surface area contributed by atoms with E-state index >= 15 is 0 Å². The van der Waals surface area contributed by atoms with E-state index in [0.717, 1.165) is 0 Å². The Hall–Kier alpha value is -2.16. The summed E-state index contributed by atoms with van der Waals surface area (Å²) >= 11 is 0. The number of hydrogen-bond acceptors (Lipinski definition) is 2. The van der Waals surface area contributed by atoms with Crippen molar-refractivity contribution in [1.82, 2.24) is 0 Å². The molecule has 1 fully saturated rings.